The minimum absolute atomic E-state index is 0.119. The van der Waals surface area contributed by atoms with Gasteiger partial charge in [-0.25, -0.2) is 0 Å². The fourth-order valence-corrected chi connectivity index (χ4v) is 3.23. The molecule has 1 unspecified atom stereocenters. The molecule has 0 saturated carbocycles. The smallest absolute Gasteiger partial charge is 0.321 e. The second-order valence-electron chi connectivity index (χ2n) is 5.78. The minimum Gasteiger partial charge on any atom is -0.497 e. The number of carbonyl (C=O) groups excluding carboxylic acids is 1. The number of benzene rings is 2. The van der Waals surface area contributed by atoms with Crippen LogP contribution in [0.25, 0.3) is 0 Å². The summed E-state index contributed by atoms with van der Waals surface area (Å²) in [5.41, 5.74) is 1.05. The van der Waals surface area contributed by atoms with Gasteiger partial charge in [-0.15, -0.1) is 0 Å². The fraction of sp³-hybridized carbons (Fsp3) is 0.316. The molecule has 0 spiro atoms. The Morgan fingerprint density at radius 1 is 0.913 bits per heavy atom. The Morgan fingerprint density at radius 3 is 1.65 bits per heavy atom. The van der Waals surface area contributed by atoms with Gasteiger partial charge in [0.1, 0.15) is 23.0 Å². The quantitative estimate of drug-likeness (QED) is 0.812. The summed E-state index contributed by atoms with van der Waals surface area (Å²) >= 11 is 0. The van der Waals surface area contributed by atoms with Crippen molar-refractivity contribution >= 4 is 5.97 Å². The maximum atomic E-state index is 12.7. The highest BCUT2D eigenvalue weighted by Gasteiger charge is 2.50. The van der Waals surface area contributed by atoms with Gasteiger partial charge in [0.05, 0.1) is 14.2 Å². The molecule has 1 heterocycles. The lowest BCUT2D eigenvalue weighted by molar-refractivity contribution is -0.144. The normalized spacial score (nSPS) is 19.3. The number of esters is 1. The Balaban J connectivity index is 2.11. The standard InChI is InChI=1S/C19H20O4/c1-13-12-19(18(20)23-13,14-4-8-16(21-2)9-5-14)15-6-10-17(22-3)11-7-15/h4-11,13H,12H2,1-3H3. The summed E-state index contributed by atoms with van der Waals surface area (Å²) in [5.74, 6) is 1.32. The van der Waals surface area contributed by atoms with Crippen LogP contribution in [-0.2, 0) is 14.9 Å². The van der Waals surface area contributed by atoms with E-state index in [2.05, 4.69) is 0 Å². The average molecular weight is 312 g/mol. The highest BCUT2D eigenvalue weighted by atomic mass is 16.6. The Hall–Kier alpha value is -2.49. The zero-order valence-electron chi connectivity index (χ0n) is 13.5. The Labute approximate surface area is 136 Å². The predicted octanol–water partition coefficient (Wildman–Crippen LogP) is 3.33. The molecule has 0 N–H and O–H groups in total. The molecule has 1 fully saturated rings. The molecule has 1 aliphatic heterocycles. The summed E-state index contributed by atoms with van der Waals surface area (Å²) in [4.78, 5) is 12.7. The van der Waals surface area contributed by atoms with Crippen molar-refractivity contribution in [3.63, 3.8) is 0 Å². The molecule has 0 aliphatic carbocycles. The summed E-state index contributed by atoms with van der Waals surface area (Å²) in [6.07, 6.45) is 0.497. The molecule has 1 atom stereocenters. The van der Waals surface area contributed by atoms with Crippen molar-refractivity contribution in [2.45, 2.75) is 24.9 Å². The predicted molar refractivity (Wildman–Crippen MR) is 86.9 cm³/mol. The van der Waals surface area contributed by atoms with Gasteiger partial charge in [0.15, 0.2) is 0 Å². The average Bonchev–Trinajstić information content (AvgIpc) is 2.90. The van der Waals surface area contributed by atoms with Crippen LogP contribution in [0.1, 0.15) is 24.5 Å². The number of hydrogen-bond donors (Lipinski definition) is 0. The van der Waals surface area contributed by atoms with Crippen molar-refractivity contribution in [2.24, 2.45) is 0 Å². The van der Waals surface area contributed by atoms with Gasteiger partial charge in [0.2, 0.25) is 0 Å². The topological polar surface area (TPSA) is 44.8 Å². The summed E-state index contributed by atoms with van der Waals surface area (Å²) in [6, 6.07) is 15.2. The Bertz CT molecular complexity index is 641. The number of ether oxygens (including phenoxy) is 3. The van der Waals surface area contributed by atoms with Crippen LogP contribution < -0.4 is 9.47 Å². The fourth-order valence-electron chi connectivity index (χ4n) is 3.23. The van der Waals surface area contributed by atoms with Crippen LogP contribution in [-0.4, -0.2) is 26.3 Å². The molecule has 0 amide bonds. The molecule has 4 nitrogen and oxygen atoms in total. The summed E-state index contributed by atoms with van der Waals surface area (Å²) < 4.78 is 15.9. The lowest BCUT2D eigenvalue weighted by Crippen LogP contribution is -2.33. The van der Waals surface area contributed by atoms with Crippen LogP contribution >= 0.6 is 0 Å². The van der Waals surface area contributed by atoms with Crippen molar-refractivity contribution in [3.05, 3.63) is 59.7 Å². The summed E-state index contributed by atoms with van der Waals surface area (Å²) in [5, 5.41) is 0. The van der Waals surface area contributed by atoms with Crippen LogP contribution in [0.3, 0.4) is 0 Å². The molecular weight excluding hydrogens is 292 g/mol. The molecular formula is C19H20O4. The van der Waals surface area contributed by atoms with E-state index in [1.165, 1.54) is 0 Å². The highest BCUT2D eigenvalue weighted by molar-refractivity contribution is 5.89. The SMILES string of the molecule is COc1ccc(C2(c3ccc(OC)cc3)CC(C)OC2=O)cc1. The monoisotopic (exact) mass is 312 g/mol. The highest BCUT2D eigenvalue weighted by Crippen LogP contribution is 2.44. The van der Waals surface area contributed by atoms with Crippen molar-refractivity contribution in [1.82, 2.24) is 0 Å². The Morgan fingerprint density at radius 2 is 1.35 bits per heavy atom. The lowest BCUT2D eigenvalue weighted by Gasteiger charge is -2.26. The van der Waals surface area contributed by atoms with E-state index in [1.54, 1.807) is 14.2 Å². The third-order valence-corrected chi connectivity index (χ3v) is 4.42. The molecule has 1 aliphatic rings. The summed E-state index contributed by atoms with van der Waals surface area (Å²) in [6.45, 7) is 1.92. The van der Waals surface area contributed by atoms with E-state index in [1.807, 2.05) is 55.5 Å². The molecule has 23 heavy (non-hydrogen) atoms. The first-order valence-corrected chi connectivity index (χ1v) is 7.60. The maximum Gasteiger partial charge on any atom is 0.321 e. The zero-order valence-corrected chi connectivity index (χ0v) is 13.5. The Kier molecular flexibility index (Phi) is 3.99. The maximum absolute atomic E-state index is 12.7. The second kappa shape index (κ2) is 5.95. The first kappa shape index (κ1) is 15.4. The van der Waals surface area contributed by atoms with Crippen molar-refractivity contribution in [2.75, 3.05) is 14.2 Å². The molecule has 0 aromatic heterocycles. The van der Waals surface area contributed by atoms with Crippen LogP contribution in [0.15, 0.2) is 48.5 Å². The first-order chi connectivity index (χ1) is 11.1. The molecule has 2 aromatic rings. The van der Waals surface area contributed by atoms with E-state index in [0.717, 1.165) is 22.6 Å². The second-order valence-corrected chi connectivity index (χ2v) is 5.78. The summed E-state index contributed by atoms with van der Waals surface area (Å²) in [7, 11) is 3.25. The van der Waals surface area contributed by atoms with E-state index in [4.69, 9.17) is 14.2 Å². The lowest BCUT2D eigenvalue weighted by atomic mass is 9.72. The third kappa shape index (κ3) is 2.54. The number of carbonyl (C=O) groups is 1. The first-order valence-electron chi connectivity index (χ1n) is 7.60. The van der Waals surface area contributed by atoms with Gasteiger partial charge in [-0.3, -0.25) is 4.79 Å². The van der Waals surface area contributed by atoms with Crippen LogP contribution in [0.5, 0.6) is 11.5 Å². The van der Waals surface area contributed by atoms with Crippen molar-refractivity contribution in [3.8, 4) is 11.5 Å². The molecule has 4 heteroatoms. The van der Waals surface area contributed by atoms with E-state index in [-0.39, 0.29) is 12.1 Å². The molecule has 2 aromatic carbocycles. The van der Waals surface area contributed by atoms with Gasteiger partial charge in [-0.2, -0.15) is 0 Å². The number of cyclic esters (lactones) is 1. The molecule has 120 valence electrons. The van der Waals surface area contributed by atoms with E-state index in [9.17, 15) is 4.79 Å². The van der Waals surface area contributed by atoms with Crippen LogP contribution in [0.4, 0.5) is 0 Å². The van der Waals surface area contributed by atoms with Gasteiger partial charge in [0.25, 0.3) is 0 Å². The van der Waals surface area contributed by atoms with E-state index in [0.29, 0.717) is 6.42 Å². The largest absolute Gasteiger partial charge is 0.497 e. The van der Waals surface area contributed by atoms with Crippen molar-refractivity contribution in [1.29, 1.82) is 0 Å². The van der Waals surface area contributed by atoms with E-state index < -0.39 is 5.41 Å². The van der Waals surface area contributed by atoms with Crippen LogP contribution in [0.2, 0.25) is 0 Å². The molecule has 1 saturated heterocycles. The number of methoxy groups -OCH3 is 2. The van der Waals surface area contributed by atoms with E-state index >= 15 is 0 Å². The van der Waals surface area contributed by atoms with Gasteiger partial charge in [-0.1, -0.05) is 24.3 Å². The van der Waals surface area contributed by atoms with Gasteiger partial charge in [-0.05, 0) is 42.3 Å². The van der Waals surface area contributed by atoms with Crippen molar-refractivity contribution < 1.29 is 19.0 Å². The number of hydrogen-bond acceptors (Lipinski definition) is 4. The van der Waals surface area contributed by atoms with Gasteiger partial charge >= 0.3 is 5.97 Å². The zero-order chi connectivity index (χ0) is 16.4. The molecule has 3 rings (SSSR count). The van der Waals surface area contributed by atoms with Crippen LogP contribution in [0, 0.1) is 0 Å². The van der Waals surface area contributed by atoms with Gasteiger partial charge < -0.3 is 14.2 Å². The molecule has 0 radical (unpaired) electrons. The van der Waals surface area contributed by atoms with Gasteiger partial charge in [0, 0.05) is 6.42 Å². The minimum atomic E-state index is -0.780. The molecule has 0 bridgehead atoms. The number of rotatable bonds is 4. The third-order valence-electron chi connectivity index (χ3n) is 4.42.